The van der Waals surface area contributed by atoms with Crippen molar-refractivity contribution in [2.24, 2.45) is 5.73 Å². The largest absolute Gasteiger partial charge is 0.489 e. The molecule has 1 atom stereocenters. The number of aromatic nitrogens is 2. The molecule has 1 fully saturated rings. The van der Waals surface area contributed by atoms with E-state index in [1.54, 1.807) is 4.90 Å². The van der Waals surface area contributed by atoms with Gasteiger partial charge in [0.15, 0.2) is 5.96 Å². The van der Waals surface area contributed by atoms with Crippen LogP contribution in [0.25, 0.3) is 33.3 Å². The minimum Gasteiger partial charge on any atom is -0.489 e. The summed E-state index contributed by atoms with van der Waals surface area (Å²) >= 11 is 0. The standard InChI is InChI=1S/C30H27N5O2.ClH/c31-30(32)35-16-4-7-27(35)29-33-28(34-37-29)25-13-12-24-18-26(15-14-23(24)17-25)36-19-20-8-10-22(11-9-20)21-5-2-1-3-6-21;/h1-3,5-6,8-15,17-18,27H,4,7,16,19H2,(H3,31,32);1H. The highest BCUT2D eigenvalue weighted by Gasteiger charge is 2.31. The van der Waals surface area contributed by atoms with E-state index in [1.807, 2.05) is 54.6 Å². The molecule has 5 aromatic rings. The first-order chi connectivity index (χ1) is 18.1. The summed E-state index contributed by atoms with van der Waals surface area (Å²) in [5.41, 5.74) is 10.1. The van der Waals surface area contributed by atoms with E-state index >= 15 is 0 Å². The van der Waals surface area contributed by atoms with Crippen molar-refractivity contribution in [1.29, 1.82) is 5.41 Å². The highest BCUT2D eigenvalue weighted by Crippen LogP contribution is 2.32. The second-order valence-electron chi connectivity index (χ2n) is 9.27. The summed E-state index contributed by atoms with van der Waals surface area (Å²) in [5, 5.41) is 14.1. The predicted molar refractivity (Wildman–Crippen MR) is 151 cm³/mol. The van der Waals surface area contributed by atoms with Crippen molar-refractivity contribution in [3.63, 3.8) is 0 Å². The fraction of sp³-hybridized carbons (Fsp3) is 0.167. The van der Waals surface area contributed by atoms with Gasteiger partial charge in [0.2, 0.25) is 11.7 Å². The number of nitrogens with one attached hydrogen (secondary N) is 1. The number of guanidine groups is 1. The van der Waals surface area contributed by atoms with Gasteiger partial charge in [0.05, 0.1) is 0 Å². The van der Waals surface area contributed by atoms with Crippen LogP contribution < -0.4 is 10.5 Å². The Hall–Kier alpha value is -4.36. The Labute approximate surface area is 227 Å². The van der Waals surface area contributed by atoms with Crippen molar-refractivity contribution < 1.29 is 9.26 Å². The zero-order chi connectivity index (χ0) is 25.2. The first kappa shape index (κ1) is 25.3. The average Bonchev–Trinajstić information content (AvgIpc) is 3.63. The normalized spacial score (nSPS) is 14.8. The summed E-state index contributed by atoms with van der Waals surface area (Å²) in [5.74, 6) is 1.89. The van der Waals surface area contributed by atoms with Gasteiger partial charge in [0.25, 0.3) is 0 Å². The molecule has 0 saturated carbocycles. The molecule has 8 heteroatoms. The molecule has 38 heavy (non-hydrogen) atoms. The van der Waals surface area contributed by atoms with Gasteiger partial charge in [-0.3, -0.25) is 5.41 Å². The number of nitrogens with two attached hydrogens (primary N) is 1. The maximum Gasteiger partial charge on any atom is 0.249 e. The number of fused-ring (bicyclic) bond motifs is 1. The molecule has 192 valence electrons. The van der Waals surface area contributed by atoms with Gasteiger partial charge in [-0.05, 0) is 58.5 Å². The van der Waals surface area contributed by atoms with E-state index < -0.39 is 0 Å². The second kappa shape index (κ2) is 10.9. The molecule has 0 amide bonds. The lowest BCUT2D eigenvalue weighted by Gasteiger charge is -2.21. The molecular weight excluding hydrogens is 498 g/mol. The average molecular weight is 526 g/mol. The minimum atomic E-state index is -0.131. The van der Waals surface area contributed by atoms with Crippen molar-refractivity contribution in [2.45, 2.75) is 25.5 Å². The first-order valence-electron chi connectivity index (χ1n) is 12.4. The molecule has 7 nitrogen and oxygen atoms in total. The fourth-order valence-corrected chi connectivity index (χ4v) is 4.84. The topological polar surface area (TPSA) is 101 Å². The third kappa shape index (κ3) is 5.19. The summed E-state index contributed by atoms with van der Waals surface area (Å²) in [7, 11) is 0. The van der Waals surface area contributed by atoms with E-state index in [9.17, 15) is 0 Å². The van der Waals surface area contributed by atoms with Crippen molar-refractivity contribution in [3.05, 3.63) is 102 Å². The molecule has 6 rings (SSSR count). The van der Waals surface area contributed by atoms with Gasteiger partial charge in [-0.15, -0.1) is 12.4 Å². The van der Waals surface area contributed by atoms with Gasteiger partial charge in [0, 0.05) is 12.1 Å². The highest BCUT2D eigenvalue weighted by molar-refractivity contribution is 5.87. The maximum atomic E-state index is 7.77. The molecule has 1 aliphatic rings. The molecule has 1 aromatic heterocycles. The van der Waals surface area contributed by atoms with Gasteiger partial charge in [-0.1, -0.05) is 78.0 Å². The number of benzene rings is 4. The Kier molecular flexibility index (Phi) is 7.29. The Morgan fingerprint density at radius 3 is 2.42 bits per heavy atom. The lowest BCUT2D eigenvalue weighted by atomic mass is 10.0. The van der Waals surface area contributed by atoms with Crippen LogP contribution >= 0.6 is 12.4 Å². The lowest BCUT2D eigenvalue weighted by molar-refractivity contribution is 0.283. The van der Waals surface area contributed by atoms with Crippen LogP contribution in [0.2, 0.25) is 0 Å². The van der Waals surface area contributed by atoms with Gasteiger partial charge >= 0.3 is 0 Å². The van der Waals surface area contributed by atoms with Gasteiger partial charge in [-0.2, -0.15) is 4.98 Å². The Balaban J connectivity index is 0.00000294. The quantitative estimate of drug-likeness (QED) is 0.191. The maximum absolute atomic E-state index is 7.77. The zero-order valence-electron chi connectivity index (χ0n) is 20.7. The smallest absolute Gasteiger partial charge is 0.249 e. The van der Waals surface area contributed by atoms with Crippen LogP contribution in [-0.2, 0) is 6.61 Å². The van der Waals surface area contributed by atoms with E-state index in [4.69, 9.17) is 20.4 Å². The van der Waals surface area contributed by atoms with Crippen LogP contribution in [-0.4, -0.2) is 27.5 Å². The minimum absolute atomic E-state index is 0. The number of likely N-dealkylation sites (tertiary alicyclic amines) is 1. The summed E-state index contributed by atoms with van der Waals surface area (Å²) in [6, 6.07) is 30.8. The highest BCUT2D eigenvalue weighted by atomic mass is 35.5. The fourth-order valence-electron chi connectivity index (χ4n) is 4.84. The number of hydrogen-bond donors (Lipinski definition) is 2. The summed E-state index contributed by atoms with van der Waals surface area (Å²) in [6.45, 7) is 1.24. The molecule has 3 N–H and O–H groups in total. The van der Waals surface area contributed by atoms with Crippen LogP contribution in [0.4, 0.5) is 0 Å². The van der Waals surface area contributed by atoms with E-state index in [1.165, 1.54) is 11.1 Å². The van der Waals surface area contributed by atoms with Gasteiger partial charge in [0.1, 0.15) is 18.4 Å². The van der Waals surface area contributed by atoms with Crippen molar-refractivity contribution in [3.8, 4) is 28.3 Å². The summed E-state index contributed by atoms with van der Waals surface area (Å²) < 4.78 is 11.6. The zero-order valence-corrected chi connectivity index (χ0v) is 21.5. The van der Waals surface area contributed by atoms with Gasteiger partial charge < -0.3 is 19.9 Å². The number of hydrogen-bond acceptors (Lipinski definition) is 5. The summed E-state index contributed by atoms with van der Waals surface area (Å²) in [4.78, 5) is 6.41. The second-order valence-corrected chi connectivity index (χ2v) is 9.27. The van der Waals surface area contributed by atoms with Crippen LogP contribution in [0.5, 0.6) is 5.75 Å². The van der Waals surface area contributed by atoms with Crippen molar-refractivity contribution >= 4 is 29.1 Å². The molecule has 0 radical (unpaired) electrons. The molecule has 1 unspecified atom stereocenters. The molecular formula is C30H28ClN5O2. The lowest BCUT2D eigenvalue weighted by Crippen LogP contribution is -2.35. The van der Waals surface area contributed by atoms with E-state index in [-0.39, 0.29) is 24.4 Å². The molecule has 0 spiro atoms. The van der Waals surface area contributed by atoms with Gasteiger partial charge in [-0.25, -0.2) is 0 Å². The number of halogens is 1. The molecule has 1 saturated heterocycles. The molecule has 2 heterocycles. The first-order valence-corrected chi connectivity index (χ1v) is 12.4. The van der Waals surface area contributed by atoms with E-state index in [2.05, 4.69) is 46.5 Å². The number of rotatable bonds is 6. The monoisotopic (exact) mass is 525 g/mol. The molecule has 4 aromatic carbocycles. The van der Waals surface area contributed by atoms with Crippen molar-refractivity contribution in [2.75, 3.05) is 6.54 Å². The van der Waals surface area contributed by atoms with Crippen LogP contribution in [0, 0.1) is 5.41 Å². The third-order valence-electron chi connectivity index (χ3n) is 6.83. The Morgan fingerprint density at radius 2 is 1.63 bits per heavy atom. The summed E-state index contributed by atoms with van der Waals surface area (Å²) in [6.07, 6.45) is 1.79. The van der Waals surface area contributed by atoms with Crippen LogP contribution in [0.3, 0.4) is 0 Å². The molecule has 0 aliphatic carbocycles. The number of nitrogens with zero attached hydrogens (tertiary/aromatic N) is 3. The SMILES string of the molecule is Cl.N=C(N)N1CCCC1c1nc(-c2ccc3cc(OCc4ccc(-c5ccccc5)cc4)ccc3c2)no1. The number of ether oxygens (including phenoxy) is 1. The molecule has 0 bridgehead atoms. The molecule has 1 aliphatic heterocycles. The third-order valence-corrected chi connectivity index (χ3v) is 6.83. The van der Waals surface area contributed by atoms with E-state index in [0.29, 0.717) is 18.3 Å². The van der Waals surface area contributed by atoms with Crippen molar-refractivity contribution in [1.82, 2.24) is 15.0 Å². The van der Waals surface area contributed by atoms with E-state index in [0.717, 1.165) is 47.0 Å². The Morgan fingerprint density at radius 1 is 0.921 bits per heavy atom. The Bertz CT molecular complexity index is 1550. The van der Waals surface area contributed by atoms with Crippen LogP contribution in [0.1, 0.15) is 30.3 Å². The van der Waals surface area contributed by atoms with Crippen LogP contribution in [0.15, 0.2) is 95.5 Å². The predicted octanol–water partition coefficient (Wildman–Crippen LogP) is 6.59.